The lowest BCUT2D eigenvalue weighted by molar-refractivity contribution is 0.0935. The molecule has 0 radical (unpaired) electrons. The lowest BCUT2D eigenvalue weighted by Gasteiger charge is -2.27. The van der Waals surface area contributed by atoms with E-state index in [1.165, 1.54) is 23.3 Å². The molecule has 0 unspecified atom stereocenters. The molecule has 1 aromatic carbocycles. The number of amides is 1. The molecule has 25 heavy (non-hydrogen) atoms. The highest BCUT2D eigenvalue weighted by Gasteiger charge is 2.33. The van der Waals surface area contributed by atoms with Gasteiger partial charge in [-0.25, -0.2) is 0 Å². The lowest BCUT2D eigenvalue weighted by atomic mass is 9.85. The summed E-state index contributed by atoms with van der Waals surface area (Å²) in [5.74, 6) is 1.57. The van der Waals surface area contributed by atoms with E-state index in [4.69, 9.17) is 4.74 Å². The fourth-order valence-corrected chi connectivity index (χ4v) is 5.69. The maximum Gasteiger partial charge on any atom is 0.256 e. The summed E-state index contributed by atoms with van der Waals surface area (Å²) in [6.45, 7) is 2.26. The third-order valence-electron chi connectivity index (χ3n) is 5.23. The summed E-state index contributed by atoms with van der Waals surface area (Å²) in [4.78, 5) is 14.2. The van der Waals surface area contributed by atoms with Crippen LogP contribution in [0.3, 0.4) is 0 Å². The van der Waals surface area contributed by atoms with Gasteiger partial charge in [-0.3, -0.25) is 4.79 Å². The minimum atomic E-state index is -0.218. The Hall–Kier alpha value is -1.53. The Morgan fingerprint density at radius 2 is 2.20 bits per heavy atom. The molecule has 6 heteroatoms. The van der Waals surface area contributed by atoms with Crippen molar-refractivity contribution < 1.29 is 9.53 Å². The number of carbonyl (C=O) groups is 1. The van der Waals surface area contributed by atoms with Gasteiger partial charge in [-0.05, 0) is 64.4 Å². The zero-order chi connectivity index (χ0) is 17.6. The number of ether oxygens (including phenoxy) is 1. The zero-order valence-electron chi connectivity index (χ0n) is 14.3. The number of nitrogens with one attached hydrogen (secondary N) is 2. The van der Waals surface area contributed by atoms with Gasteiger partial charge in [0.15, 0.2) is 0 Å². The number of carbonyl (C=O) groups excluding carboxylic acids is 1. The molecule has 2 atom stereocenters. The fraction of sp³-hybridized carbons (Fsp3) is 0.421. The Bertz CT molecular complexity index is 833. The molecule has 0 fully saturated rings. The van der Waals surface area contributed by atoms with E-state index >= 15 is 0 Å². The van der Waals surface area contributed by atoms with Crippen LogP contribution in [-0.2, 0) is 12.8 Å². The first-order valence-corrected chi connectivity index (χ1v) is 10.3. The van der Waals surface area contributed by atoms with Crippen LogP contribution in [0.2, 0.25) is 0 Å². The molecule has 0 saturated heterocycles. The first-order chi connectivity index (χ1) is 12.1. The average Bonchev–Trinajstić information content (AvgIpc) is 2.99. The highest BCUT2D eigenvalue weighted by Crippen LogP contribution is 2.43. The SMILES string of the molecule is CC[C@H]1CCc2c(sc3c2C(=O)N[C@H](c2ccc(OC)c(Br)c2)N3)C1. The predicted molar refractivity (Wildman–Crippen MR) is 105 cm³/mol. The number of benzene rings is 1. The van der Waals surface area contributed by atoms with Crippen LogP contribution < -0.4 is 15.4 Å². The van der Waals surface area contributed by atoms with Crippen molar-refractivity contribution >= 4 is 38.2 Å². The number of hydrogen-bond donors (Lipinski definition) is 2. The quantitative estimate of drug-likeness (QED) is 0.742. The Labute approximate surface area is 160 Å². The first-order valence-electron chi connectivity index (χ1n) is 8.66. The van der Waals surface area contributed by atoms with E-state index in [-0.39, 0.29) is 12.1 Å². The minimum Gasteiger partial charge on any atom is -0.496 e. The number of thiophene rings is 1. The Morgan fingerprint density at radius 3 is 2.92 bits per heavy atom. The standard InChI is InChI=1S/C19H21BrN2O2S/c1-3-10-4-6-12-15(8-10)25-19-16(12)18(23)21-17(22-19)11-5-7-14(24-2)13(20)9-11/h5,7,9-10,17,22H,3-4,6,8H2,1-2H3,(H,21,23)/t10-,17-/m0/s1. The molecule has 4 nitrogen and oxygen atoms in total. The monoisotopic (exact) mass is 420 g/mol. The molecule has 2 heterocycles. The van der Waals surface area contributed by atoms with Crippen molar-refractivity contribution in [1.82, 2.24) is 5.32 Å². The van der Waals surface area contributed by atoms with Crippen molar-refractivity contribution in [3.63, 3.8) is 0 Å². The number of anilines is 1. The molecule has 132 valence electrons. The fourth-order valence-electron chi connectivity index (χ4n) is 3.74. The first kappa shape index (κ1) is 16.9. The molecule has 0 saturated carbocycles. The van der Waals surface area contributed by atoms with E-state index in [2.05, 4.69) is 33.5 Å². The van der Waals surface area contributed by atoms with Gasteiger partial charge in [-0.1, -0.05) is 19.4 Å². The van der Waals surface area contributed by atoms with Crippen LogP contribution in [0.5, 0.6) is 5.75 Å². The summed E-state index contributed by atoms with van der Waals surface area (Å²) in [5.41, 5.74) is 3.15. The van der Waals surface area contributed by atoms with Crippen molar-refractivity contribution in [2.24, 2.45) is 5.92 Å². The number of rotatable bonds is 3. The zero-order valence-corrected chi connectivity index (χ0v) is 16.7. The Morgan fingerprint density at radius 1 is 1.36 bits per heavy atom. The third kappa shape index (κ3) is 2.95. The summed E-state index contributed by atoms with van der Waals surface area (Å²) in [6, 6.07) is 5.88. The minimum absolute atomic E-state index is 0.0399. The average molecular weight is 421 g/mol. The van der Waals surface area contributed by atoms with Crippen molar-refractivity contribution in [2.45, 2.75) is 38.8 Å². The van der Waals surface area contributed by atoms with Crippen molar-refractivity contribution in [3.8, 4) is 5.75 Å². The molecule has 0 spiro atoms. The maximum atomic E-state index is 12.8. The van der Waals surface area contributed by atoms with E-state index in [9.17, 15) is 4.79 Å². The van der Waals surface area contributed by atoms with Crippen LogP contribution >= 0.6 is 27.3 Å². The highest BCUT2D eigenvalue weighted by atomic mass is 79.9. The van der Waals surface area contributed by atoms with Gasteiger partial charge in [0.2, 0.25) is 0 Å². The van der Waals surface area contributed by atoms with Crippen LogP contribution in [0.4, 0.5) is 5.00 Å². The topological polar surface area (TPSA) is 50.4 Å². The largest absolute Gasteiger partial charge is 0.496 e. The number of fused-ring (bicyclic) bond motifs is 3. The smallest absolute Gasteiger partial charge is 0.256 e. The van der Waals surface area contributed by atoms with Crippen LogP contribution in [-0.4, -0.2) is 13.0 Å². The summed E-state index contributed by atoms with van der Waals surface area (Å²) < 4.78 is 6.17. The predicted octanol–water partition coefficient (Wildman–Crippen LogP) is 4.89. The van der Waals surface area contributed by atoms with E-state index in [1.54, 1.807) is 18.4 Å². The molecule has 1 amide bonds. The van der Waals surface area contributed by atoms with Crippen LogP contribution in [0.1, 0.15) is 52.3 Å². The van der Waals surface area contributed by atoms with Gasteiger partial charge >= 0.3 is 0 Å². The molecule has 2 N–H and O–H groups in total. The van der Waals surface area contributed by atoms with Crippen molar-refractivity contribution in [1.29, 1.82) is 0 Å². The van der Waals surface area contributed by atoms with Crippen LogP contribution in [0, 0.1) is 5.92 Å². The second kappa shape index (κ2) is 6.65. The Kier molecular flexibility index (Phi) is 4.50. The molecular weight excluding hydrogens is 400 g/mol. The van der Waals surface area contributed by atoms with Crippen molar-refractivity contribution in [2.75, 3.05) is 12.4 Å². The maximum absolute atomic E-state index is 12.8. The van der Waals surface area contributed by atoms with Crippen LogP contribution in [0.15, 0.2) is 22.7 Å². The number of methoxy groups -OCH3 is 1. The van der Waals surface area contributed by atoms with Gasteiger partial charge in [-0.15, -0.1) is 11.3 Å². The van der Waals surface area contributed by atoms with Gasteiger partial charge in [0.1, 0.15) is 16.9 Å². The van der Waals surface area contributed by atoms with Gasteiger partial charge in [0, 0.05) is 4.88 Å². The molecule has 1 aliphatic carbocycles. The van der Waals surface area contributed by atoms with Gasteiger partial charge in [0.05, 0.1) is 17.1 Å². The lowest BCUT2D eigenvalue weighted by Crippen LogP contribution is -2.38. The molecule has 1 aromatic heterocycles. The molecular formula is C19H21BrN2O2S. The summed E-state index contributed by atoms with van der Waals surface area (Å²) >= 11 is 5.28. The third-order valence-corrected chi connectivity index (χ3v) is 7.04. The second-order valence-corrected chi connectivity index (χ2v) is 8.63. The van der Waals surface area contributed by atoms with Crippen LogP contribution in [0.25, 0.3) is 0 Å². The van der Waals surface area contributed by atoms with E-state index in [0.717, 1.165) is 45.1 Å². The van der Waals surface area contributed by atoms with Gasteiger partial charge < -0.3 is 15.4 Å². The van der Waals surface area contributed by atoms with Gasteiger partial charge in [0.25, 0.3) is 5.91 Å². The number of halogens is 1. The molecule has 2 aromatic rings. The molecule has 0 bridgehead atoms. The van der Waals surface area contributed by atoms with E-state index < -0.39 is 0 Å². The molecule has 1 aliphatic heterocycles. The molecule has 2 aliphatic rings. The summed E-state index contributed by atoms with van der Waals surface area (Å²) in [7, 11) is 1.65. The van der Waals surface area contributed by atoms with Gasteiger partial charge in [-0.2, -0.15) is 0 Å². The summed E-state index contributed by atoms with van der Waals surface area (Å²) in [5, 5.41) is 7.65. The summed E-state index contributed by atoms with van der Waals surface area (Å²) in [6.07, 6.45) is 4.31. The van der Waals surface area contributed by atoms with E-state index in [1.807, 2.05) is 18.2 Å². The van der Waals surface area contributed by atoms with E-state index in [0.29, 0.717) is 0 Å². The van der Waals surface area contributed by atoms with Crippen molar-refractivity contribution in [3.05, 3.63) is 44.2 Å². The number of hydrogen-bond acceptors (Lipinski definition) is 4. The molecule has 4 rings (SSSR count). The normalized spacial score (nSPS) is 21.8. The second-order valence-electron chi connectivity index (χ2n) is 6.67. The Balaban J connectivity index is 1.65. The highest BCUT2D eigenvalue weighted by molar-refractivity contribution is 9.10.